The maximum Gasteiger partial charge on any atom is 0.164 e. The van der Waals surface area contributed by atoms with Gasteiger partial charge < -0.3 is 5.32 Å². The van der Waals surface area contributed by atoms with Crippen LogP contribution in [0.1, 0.15) is 20.8 Å². The summed E-state index contributed by atoms with van der Waals surface area (Å²) in [6.45, 7) is 6.59. The smallest absolute Gasteiger partial charge is 0.164 e. The Bertz CT molecular complexity index is 896. The van der Waals surface area contributed by atoms with Crippen molar-refractivity contribution in [3.63, 3.8) is 0 Å². The van der Waals surface area contributed by atoms with Crippen LogP contribution in [-0.2, 0) is 7.05 Å². The van der Waals surface area contributed by atoms with Crippen LogP contribution in [-0.4, -0.2) is 42.9 Å². The van der Waals surface area contributed by atoms with Gasteiger partial charge in [0.05, 0.1) is 11.6 Å². The minimum absolute atomic E-state index is 0.228. The summed E-state index contributed by atoms with van der Waals surface area (Å²) in [6, 6.07) is 4.81. The van der Waals surface area contributed by atoms with Gasteiger partial charge in [-0.3, -0.25) is 20.5 Å². The van der Waals surface area contributed by atoms with Crippen molar-refractivity contribution in [3.8, 4) is 11.4 Å². The second-order valence-corrected chi connectivity index (χ2v) is 7.01. The summed E-state index contributed by atoms with van der Waals surface area (Å²) >= 11 is 0. The SMILES string of the molecule is CC1NNC(C)C1C(C)Nc1nc(-c2ccncc2)nc2c1cnn2C. The maximum absolute atomic E-state index is 4.80. The van der Waals surface area contributed by atoms with Crippen LogP contribution < -0.4 is 16.2 Å². The van der Waals surface area contributed by atoms with E-state index in [2.05, 4.69) is 47.0 Å². The van der Waals surface area contributed by atoms with Gasteiger partial charge in [0, 0.05) is 49.0 Å². The van der Waals surface area contributed by atoms with E-state index in [0.717, 1.165) is 22.4 Å². The lowest BCUT2D eigenvalue weighted by Gasteiger charge is -2.27. The number of aromatic nitrogens is 5. The third kappa shape index (κ3) is 2.91. The van der Waals surface area contributed by atoms with Crippen LogP contribution in [0.3, 0.4) is 0 Å². The van der Waals surface area contributed by atoms with Crippen LogP contribution in [0.15, 0.2) is 30.7 Å². The topological polar surface area (TPSA) is 92.6 Å². The Hall–Kier alpha value is -2.58. The number of aryl methyl sites for hydroxylation is 1. The average molecular weight is 352 g/mol. The van der Waals surface area contributed by atoms with Crippen molar-refractivity contribution >= 4 is 16.9 Å². The fourth-order valence-corrected chi connectivity index (χ4v) is 3.83. The monoisotopic (exact) mass is 352 g/mol. The predicted molar refractivity (Wildman–Crippen MR) is 101 cm³/mol. The van der Waals surface area contributed by atoms with E-state index in [1.54, 1.807) is 17.1 Å². The Balaban J connectivity index is 1.74. The number of hydrogen-bond acceptors (Lipinski definition) is 7. The molecular weight excluding hydrogens is 328 g/mol. The lowest BCUT2D eigenvalue weighted by atomic mass is 9.89. The molecule has 0 aromatic carbocycles. The zero-order valence-electron chi connectivity index (χ0n) is 15.4. The number of pyridine rings is 1. The number of nitrogens with zero attached hydrogens (tertiary/aromatic N) is 5. The Morgan fingerprint density at radius 2 is 1.81 bits per heavy atom. The van der Waals surface area contributed by atoms with Crippen LogP contribution in [0.2, 0.25) is 0 Å². The highest BCUT2D eigenvalue weighted by molar-refractivity contribution is 5.88. The number of nitrogens with one attached hydrogen (secondary N) is 3. The summed E-state index contributed by atoms with van der Waals surface area (Å²) < 4.78 is 1.78. The van der Waals surface area contributed by atoms with Gasteiger partial charge >= 0.3 is 0 Å². The van der Waals surface area contributed by atoms with E-state index in [-0.39, 0.29) is 6.04 Å². The lowest BCUT2D eigenvalue weighted by Crippen LogP contribution is -2.38. The molecule has 26 heavy (non-hydrogen) atoms. The second kappa shape index (κ2) is 6.62. The summed E-state index contributed by atoms with van der Waals surface area (Å²) in [5.74, 6) is 1.91. The molecule has 0 saturated carbocycles. The number of anilines is 1. The third-order valence-corrected chi connectivity index (χ3v) is 5.17. The van der Waals surface area contributed by atoms with Crippen LogP contribution in [0.25, 0.3) is 22.4 Å². The molecule has 3 unspecified atom stereocenters. The Kier molecular flexibility index (Phi) is 4.29. The van der Waals surface area contributed by atoms with Crippen molar-refractivity contribution in [2.45, 2.75) is 38.9 Å². The number of hydrazine groups is 1. The molecule has 0 bridgehead atoms. The van der Waals surface area contributed by atoms with Gasteiger partial charge in [0.1, 0.15) is 5.82 Å². The molecule has 0 spiro atoms. The van der Waals surface area contributed by atoms with Crippen molar-refractivity contribution < 1.29 is 0 Å². The predicted octanol–water partition coefficient (Wildman–Crippen LogP) is 1.73. The third-order valence-electron chi connectivity index (χ3n) is 5.17. The normalized spacial score (nSPS) is 24.1. The highest BCUT2D eigenvalue weighted by atomic mass is 15.4. The average Bonchev–Trinajstić information content (AvgIpc) is 3.18. The van der Waals surface area contributed by atoms with E-state index < -0.39 is 0 Å². The molecule has 3 N–H and O–H groups in total. The molecule has 3 aromatic heterocycles. The summed E-state index contributed by atoms with van der Waals surface area (Å²) in [5.41, 5.74) is 8.38. The van der Waals surface area contributed by atoms with Gasteiger partial charge in [-0.25, -0.2) is 9.97 Å². The van der Waals surface area contributed by atoms with Gasteiger partial charge in [-0.15, -0.1) is 0 Å². The number of hydrogen-bond donors (Lipinski definition) is 3. The molecule has 1 fully saturated rings. The summed E-state index contributed by atoms with van der Waals surface area (Å²) in [6.07, 6.45) is 5.32. The summed E-state index contributed by atoms with van der Waals surface area (Å²) in [7, 11) is 1.90. The molecule has 8 nitrogen and oxygen atoms in total. The minimum Gasteiger partial charge on any atom is -0.366 e. The van der Waals surface area contributed by atoms with Gasteiger partial charge in [0.2, 0.25) is 0 Å². The molecule has 0 radical (unpaired) electrons. The van der Waals surface area contributed by atoms with E-state index in [1.165, 1.54) is 0 Å². The second-order valence-electron chi connectivity index (χ2n) is 7.01. The minimum atomic E-state index is 0.228. The Morgan fingerprint density at radius 3 is 2.50 bits per heavy atom. The van der Waals surface area contributed by atoms with Crippen LogP contribution >= 0.6 is 0 Å². The molecule has 3 aromatic rings. The van der Waals surface area contributed by atoms with Gasteiger partial charge in [0.25, 0.3) is 0 Å². The largest absolute Gasteiger partial charge is 0.366 e. The van der Waals surface area contributed by atoms with E-state index in [0.29, 0.717) is 23.8 Å². The lowest BCUT2D eigenvalue weighted by molar-refractivity contribution is 0.397. The molecule has 8 heteroatoms. The fraction of sp³-hybridized carbons (Fsp3) is 0.444. The zero-order chi connectivity index (χ0) is 18.3. The van der Waals surface area contributed by atoms with Gasteiger partial charge in [-0.2, -0.15) is 5.10 Å². The van der Waals surface area contributed by atoms with Gasteiger partial charge in [-0.05, 0) is 32.9 Å². The van der Waals surface area contributed by atoms with Gasteiger partial charge in [0.15, 0.2) is 11.5 Å². The van der Waals surface area contributed by atoms with Crippen LogP contribution in [0.5, 0.6) is 0 Å². The first-order valence-corrected chi connectivity index (χ1v) is 8.92. The highest BCUT2D eigenvalue weighted by Gasteiger charge is 2.34. The molecule has 1 saturated heterocycles. The van der Waals surface area contributed by atoms with Crippen molar-refractivity contribution in [1.82, 2.24) is 35.6 Å². The fourth-order valence-electron chi connectivity index (χ4n) is 3.83. The number of fused-ring (bicyclic) bond motifs is 1. The van der Waals surface area contributed by atoms with E-state index >= 15 is 0 Å². The molecule has 0 aliphatic carbocycles. The highest BCUT2D eigenvalue weighted by Crippen LogP contribution is 2.27. The molecule has 1 aliphatic heterocycles. The maximum atomic E-state index is 4.80. The van der Waals surface area contributed by atoms with E-state index in [1.807, 2.05) is 25.4 Å². The molecule has 1 aliphatic rings. The molecular formula is C18H24N8. The van der Waals surface area contributed by atoms with Crippen molar-refractivity contribution in [1.29, 1.82) is 0 Å². The molecule has 3 atom stereocenters. The van der Waals surface area contributed by atoms with Gasteiger partial charge in [-0.1, -0.05) is 0 Å². The van der Waals surface area contributed by atoms with Crippen LogP contribution in [0, 0.1) is 5.92 Å². The van der Waals surface area contributed by atoms with Crippen molar-refractivity contribution in [2.75, 3.05) is 5.32 Å². The van der Waals surface area contributed by atoms with Crippen LogP contribution in [0.4, 0.5) is 5.82 Å². The van der Waals surface area contributed by atoms with Crippen molar-refractivity contribution in [2.24, 2.45) is 13.0 Å². The summed E-state index contributed by atoms with van der Waals surface area (Å²) in [5, 5.41) is 8.90. The molecule has 0 amide bonds. The Morgan fingerprint density at radius 1 is 1.12 bits per heavy atom. The molecule has 4 rings (SSSR count). The molecule has 4 heterocycles. The summed E-state index contributed by atoms with van der Waals surface area (Å²) in [4.78, 5) is 13.6. The quantitative estimate of drug-likeness (QED) is 0.658. The first-order chi connectivity index (χ1) is 12.5. The van der Waals surface area contributed by atoms with E-state index in [4.69, 9.17) is 9.97 Å². The van der Waals surface area contributed by atoms with Crippen molar-refractivity contribution in [3.05, 3.63) is 30.7 Å². The number of rotatable bonds is 4. The molecule has 136 valence electrons. The van der Waals surface area contributed by atoms with E-state index in [9.17, 15) is 0 Å². The standard InChI is InChI=1S/C18H24N8/c1-10(15-11(2)24-25-12(15)3)21-17-14-9-20-26(4)18(14)23-16(22-17)13-5-7-19-8-6-13/h5-12,15,24-25H,1-4H3,(H,21,22,23). The first kappa shape index (κ1) is 16.9. The Labute approximate surface area is 152 Å². The first-order valence-electron chi connectivity index (χ1n) is 8.92. The zero-order valence-corrected chi connectivity index (χ0v) is 15.4.